The molecule has 0 amide bonds. The van der Waals surface area contributed by atoms with Gasteiger partial charge in [-0.1, -0.05) is 43.7 Å². The van der Waals surface area contributed by atoms with Crippen LogP contribution in [0.5, 0.6) is 23.1 Å². The quantitative estimate of drug-likeness (QED) is 0.236. The van der Waals surface area contributed by atoms with Crippen molar-refractivity contribution >= 4 is 9.84 Å². The Morgan fingerprint density at radius 2 is 1.56 bits per heavy atom. The van der Waals surface area contributed by atoms with Crippen molar-refractivity contribution < 1.29 is 32.5 Å². The Labute approximate surface area is 238 Å². The van der Waals surface area contributed by atoms with E-state index in [9.17, 15) is 18.3 Å². The van der Waals surface area contributed by atoms with Gasteiger partial charge in [0.25, 0.3) is 5.56 Å². The summed E-state index contributed by atoms with van der Waals surface area (Å²) in [5.74, 6) is 0.597. The highest BCUT2D eigenvalue weighted by Gasteiger charge is 2.31. The van der Waals surface area contributed by atoms with E-state index in [4.69, 9.17) is 18.9 Å². The summed E-state index contributed by atoms with van der Waals surface area (Å²) in [6.45, 7) is 2.06. The number of aryl methyl sites for hydroxylation is 1. The maximum Gasteiger partial charge on any atom is 0.296 e. The molecule has 0 bridgehead atoms. The summed E-state index contributed by atoms with van der Waals surface area (Å²) in [7, 11) is -0.0904. The van der Waals surface area contributed by atoms with Crippen molar-refractivity contribution in [3.8, 4) is 39.9 Å². The van der Waals surface area contributed by atoms with Crippen LogP contribution in [-0.2, 0) is 21.0 Å². The van der Waals surface area contributed by atoms with Gasteiger partial charge in [-0.3, -0.25) is 9.36 Å². The molecule has 0 aliphatic rings. The molecule has 1 heterocycles. The first-order chi connectivity index (χ1) is 19.8. The smallest absolute Gasteiger partial charge is 0.296 e. The maximum absolute atomic E-state index is 13.8. The van der Waals surface area contributed by atoms with Crippen LogP contribution >= 0.6 is 0 Å². The van der Waals surface area contributed by atoms with E-state index >= 15 is 0 Å². The van der Waals surface area contributed by atoms with Crippen LogP contribution in [0.3, 0.4) is 0 Å². The zero-order valence-corrected chi connectivity index (χ0v) is 24.1. The fourth-order valence-electron chi connectivity index (χ4n) is 4.40. The van der Waals surface area contributed by atoms with Gasteiger partial charge in [0.15, 0.2) is 11.7 Å². The van der Waals surface area contributed by atoms with Crippen molar-refractivity contribution in [3.05, 3.63) is 82.9 Å². The van der Waals surface area contributed by atoms with E-state index in [-0.39, 0.29) is 23.2 Å². The van der Waals surface area contributed by atoms with Crippen LogP contribution in [0, 0.1) is 0 Å². The third-order valence-corrected chi connectivity index (χ3v) is 8.21. The molecule has 0 atom stereocenters. The highest BCUT2D eigenvalue weighted by molar-refractivity contribution is 7.91. The lowest BCUT2D eigenvalue weighted by Crippen LogP contribution is -2.25. The van der Waals surface area contributed by atoms with E-state index in [1.54, 1.807) is 42.5 Å². The van der Waals surface area contributed by atoms with E-state index in [0.717, 1.165) is 17.5 Å². The van der Waals surface area contributed by atoms with Gasteiger partial charge in [-0.05, 0) is 53.9 Å². The van der Waals surface area contributed by atoms with Crippen LogP contribution in [0.1, 0.15) is 25.6 Å². The fraction of sp³-hybridized carbons (Fsp3) is 0.267. The number of methoxy groups -OCH3 is 3. The van der Waals surface area contributed by atoms with E-state index in [0.29, 0.717) is 30.1 Å². The Balaban J connectivity index is 1.85. The molecule has 0 aliphatic carbocycles. The zero-order chi connectivity index (χ0) is 29.6. The molecule has 0 fully saturated rings. The Morgan fingerprint density at radius 3 is 2.17 bits per heavy atom. The monoisotopic (exact) mass is 580 g/mol. The van der Waals surface area contributed by atoms with Crippen molar-refractivity contribution in [2.24, 2.45) is 0 Å². The summed E-state index contributed by atoms with van der Waals surface area (Å²) < 4.78 is 50.3. The standard InChI is InChI=1S/C30H32N2O8S/c1-5-6-13-26-31-29(33)28(30(34)32(26)27-24(38-3)11-8-12-25(27)39-4)41(35,36)23-16-14-20(15-17-23)21-9-7-10-22(18-21)40-19-37-2/h7-12,14-18,34H,5-6,13,19H2,1-4H3. The van der Waals surface area contributed by atoms with Crippen molar-refractivity contribution in [1.82, 2.24) is 9.55 Å². The normalized spacial score (nSPS) is 11.3. The molecule has 1 aromatic heterocycles. The first-order valence-electron chi connectivity index (χ1n) is 12.9. The minimum absolute atomic E-state index is 0.0909. The molecule has 1 N–H and O–H groups in total. The predicted octanol–water partition coefficient (Wildman–Crippen LogP) is 4.78. The highest BCUT2D eigenvalue weighted by Crippen LogP contribution is 2.38. The van der Waals surface area contributed by atoms with Gasteiger partial charge in [0, 0.05) is 13.5 Å². The number of aromatic nitrogens is 2. The SMILES string of the molecule is CCCCc1nc(=O)c(S(=O)(=O)c2ccc(-c3cccc(OCOC)c3)cc2)c(O)n1-c1c(OC)cccc1OC. The first-order valence-corrected chi connectivity index (χ1v) is 14.4. The lowest BCUT2D eigenvalue weighted by atomic mass is 10.1. The lowest BCUT2D eigenvalue weighted by molar-refractivity contribution is 0.0511. The molecule has 0 aliphatic heterocycles. The average Bonchev–Trinajstić information content (AvgIpc) is 2.98. The van der Waals surface area contributed by atoms with Crippen molar-refractivity contribution in [3.63, 3.8) is 0 Å². The molecule has 0 spiro atoms. The van der Waals surface area contributed by atoms with Crippen LogP contribution in [0.25, 0.3) is 16.8 Å². The molecule has 3 aromatic carbocycles. The average molecular weight is 581 g/mol. The molecule has 0 unspecified atom stereocenters. The molecule has 0 saturated carbocycles. The number of hydrogen-bond acceptors (Lipinski definition) is 9. The second-order valence-corrected chi connectivity index (χ2v) is 10.9. The molecular formula is C30H32N2O8S. The van der Waals surface area contributed by atoms with Gasteiger partial charge in [0.2, 0.25) is 15.7 Å². The molecule has 4 rings (SSSR count). The molecular weight excluding hydrogens is 548 g/mol. The van der Waals surface area contributed by atoms with E-state index < -0.39 is 26.2 Å². The number of nitrogens with zero attached hydrogens (tertiary/aromatic N) is 2. The van der Waals surface area contributed by atoms with Gasteiger partial charge < -0.3 is 24.1 Å². The maximum atomic E-state index is 13.8. The minimum Gasteiger partial charge on any atom is -0.494 e. The van der Waals surface area contributed by atoms with Crippen molar-refractivity contribution in [2.75, 3.05) is 28.1 Å². The Morgan fingerprint density at radius 1 is 0.902 bits per heavy atom. The Kier molecular flexibility index (Phi) is 9.31. The molecule has 216 valence electrons. The zero-order valence-electron chi connectivity index (χ0n) is 23.3. The minimum atomic E-state index is -4.50. The van der Waals surface area contributed by atoms with Gasteiger partial charge in [-0.2, -0.15) is 4.98 Å². The largest absolute Gasteiger partial charge is 0.494 e. The van der Waals surface area contributed by atoms with Gasteiger partial charge in [0.1, 0.15) is 28.8 Å². The van der Waals surface area contributed by atoms with Gasteiger partial charge in [0.05, 0.1) is 19.1 Å². The van der Waals surface area contributed by atoms with E-state index in [1.165, 1.54) is 38.0 Å². The third-order valence-electron chi connectivity index (χ3n) is 6.42. The van der Waals surface area contributed by atoms with Gasteiger partial charge >= 0.3 is 0 Å². The highest BCUT2D eigenvalue weighted by atomic mass is 32.2. The second-order valence-electron chi connectivity index (χ2n) is 9.04. The van der Waals surface area contributed by atoms with Crippen LogP contribution in [0.2, 0.25) is 0 Å². The molecule has 4 aromatic rings. The second kappa shape index (κ2) is 12.9. The number of aromatic hydroxyl groups is 1. The summed E-state index contributed by atoms with van der Waals surface area (Å²) in [5.41, 5.74) is 0.694. The Bertz CT molecular complexity index is 1660. The van der Waals surface area contributed by atoms with Crippen molar-refractivity contribution in [2.45, 2.75) is 36.0 Å². The van der Waals surface area contributed by atoms with Gasteiger partial charge in [-0.25, -0.2) is 8.42 Å². The fourth-order valence-corrected chi connectivity index (χ4v) is 5.74. The lowest BCUT2D eigenvalue weighted by Gasteiger charge is -2.21. The number of rotatable bonds is 12. The van der Waals surface area contributed by atoms with Crippen LogP contribution in [-0.4, -0.2) is 51.2 Å². The van der Waals surface area contributed by atoms with E-state index in [1.807, 2.05) is 19.1 Å². The Hall–Kier alpha value is -4.35. The van der Waals surface area contributed by atoms with Crippen molar-refractivity contribution in [1.29, 1.82) is 0 Å². The predicted molar refractivity (Wildman–Crippen MR) is 153 cm³/mol. The number of unbranched alkanes of at least 4 members (excludes halogenated alkanes) is 1. The molecule has 11 heteroatoms. The first kappa shape index (κ1) is 29.6. The summed E-state index contributed by atoms with van der Waals surface area (Å²) in [4.78, 5) is 16.3. The molecule has 10 nitrogen and oxygen atoms in total. The summed E-state index contributed by atoms with van der Waals surface area (Å²) in [5, 5.41) is 11.5. The number of ether oxygens (including phenoxy) is 4. The summed E-state index contributed by atoms with van der Waals surface area (Å²) >= 11 is 0. The number of sulfone groups is 1. The number of hydrogen-bond donors (Lipinski definition) is 1. The summed E-state index contributed by atoms with van der Waals surface area (Å²) in [6, 6.07) is 18.2. The third kappa shape index (κ3) is 6.06. The number of benzene rings is 3. The number of para-hydroxylation sites is 1. The summed E-state index contributed by atoms with van der Waals surface area (Å²) in [6.07, 6.45) is 1.74. The van der Waals surface area contributed by atoms with Crippen LogP contribution in [0.4, 0.5) is 0 Å². The van der Waals surface area contributed by atoms with E-state index in [2.05, 4.69) is 4.98 Å². The topological polar surface area (TPSA) is 126 Å². The molecule has 0 saturated heterocycles. The van der Waals surface area contributed by atoms with Gasteiger partial charge in [-0.15, -0.1) is 0 Å². The molecule has 41 heavy (non-hydrogen) atoms. The van der Waals surface area contributed by atoms with Crippen LogP contribution in [0.15, 0.2) is 81.3 Å². The molecule has 0 radical (unpaired) electrons. The van der Waals surface area contributed by atoms with Crippen LogP contribution < -0.4 is 19.8 Å².